The third kappa shape index (κ3) is 9.24. The van der Waals surface area contributed by atoms with E-state index in [0.717, 1.165) is 18.4 Å². The van der Waals surface area contributed by atoms with Crippen LogP contribution in [0.3, 0.4) is 0 Å². The predicted molar refractivity (Wildman–Crippen MR) is 141 cm³/mol. The molecule has 0 aromatic heterocycles. The van der Waals surface area contributed by atoms with Gasteiger partial charge in [0, 0.05) is 17.9 Å². The van der Waals surface area contributed by atoms with Crippen molar-refractivity contribution in [2.24, 2.45) is 11.8 Å². The van der Waals surface area contributed by atoms with Crippen LogP contribution in [0.2, 0.25) is 0 Å². The van der Waals surface area contributed by atoms with Gasteiger partial charge in [-0.25, -0.2) is 13.2 Å². The molecule has 4 N–H and O–H groups in total. The van der Waals surface area contributed by atoms with Crippen LogP contribution in [0, 0.1) is 18.8 Å². The second-order valence-electron chi connectivity index (χ2n) is 9.20. The summed E-state index contributed by atoms with van der Waals surface area (Å²) in [5.41, 5.74) is 1.81. The number of carbonyl (C=O) groups is 2. The highest BCUT2D eigenvalue weighted by Gasteiger charge is 2.22. The van der Waals surface area contributed by atoms with Gasteiger partial charge in [-0.15, -0.1) is 0 Å². The number of hydrogen-bond donors (Lipinski definition) is 4. The SMILES string of the molecule is CCC(CC)CNC(=O)[C@@H](CC(C)C)NC(=O)Nc1ccc(NS(=O)(=O)c2ccc(C)cc2)cc1. The van der Waals surface area contributed by atoms with E-state index < -0.39 is 22.1 Å². The second-order valence-corrected chi connectivity index (χ2v) is 10.9. The molecule has 2 rings (SSSR count). The Hall–Kier alpha value is -3.07. The van der Waals surface area contributed by atoms with Crippen LogP contribution in [-0.4, -0.2) is 32.9 Å². The molecule has 0 aliphatic rings. The molecular weight excluding hydrogens is 464 g/mol. The number of anilines is 2. The topological polar surface area (TPSA) is 116 Å². The van der Waals surface area contributed by atoms with Crippen molar-refractivity contribution >= 4 is 33.3 Å². The average molecular weight is 503 g/mol. The third-order valence-electron chi connectivity index (χ3n) is 5.77. The molecule has 0 spiro atoms. The van der Waals surface area contributed by atoms with Gasteiger partial charge in [0.25, 0.3) is 10.0 Å². The van der Waals surface area contributed by atoms with Crippen LogP contribution < -0.4 is 20.7 Å². The Kier molecular flexibility index (Phi) is 10.6. The van der Waals surface area contributed by atoms with Crippen molar-refractivity contribution in [3.63, 3.8) is 0 Å². The summed E-state index contributed by atoms with van der Waals surface area (Å²) in [6.45, 7) is 10.7. The van der Waals surface area contributed by atoms with E-state index in [1.54, 1.807) is 48.5 Å². The number of carbonyl (C=O) groups excluding carboxylic acids is 2. The van der Waals surface area contributed by atoms with E-state index in [2.05, 4.69) is 34.5 Å². The Morgan fingerprint density at radius 1 is 0.886 bits per heavy atom. The Bertz CT molecular complexity index is 1060. The van der Waals surface area contributed by atoms with Crippen LogP contribution in [-0.2, 0) is 14.8 Å². The maximum absolute atomic E-state index is 12.7. The average Bonchev–Trinajstić information content (AvgIpc) is 2.80. The van der Waals surface area contributed by atoms with Gasteiger partial charge in [0.2, 0.25) is 5.91 Å². The monoisotopic (exact) mass is 502 g/mol. The molecular formula is C26H38N4O4S. The summed E-state index contributed by atoms with van der Waals surface area (Å²) in [6.07, 6.45) is 2.48. The molecule has 0 saturated heterocycles. The van der Waals surface area contributed by atoms with E-state index in [-0.39, 0.29) is 16.7 Å². The van der Waals surface area contributed by atoms with Gasteiger partial charge in [0.1, 0.15) is 6.04 Å². The van der Waals surface area contributed by atoms with E-state index in [0.29, 0.717) is 30.3 Å². The summed E-state index contributed by atoms with van der Waals surface area (Å²) in [4.78, 5) is 25.4. The van der Waals surface area contributed by atoms with Crippen LogP contribution in [0.1, 0.15) is 52.5 Å². The smallest absolute Gasteiger partial charge is 0.319 e. The standard InChI is InChI=1S/C26H38N4O4S/c1-6-20(7-2)17-27-25(31)24(16-18(3)4)29-26(32)28-21-10-12-22(13-11-21)30-35(33,34)23-14-8-19(5)9-15-23/h8-15,18,20,24,30H,6-7,16-17H2,1-5H3,(H,27,31)(H2,28,29,32)/t24-/m1/s1. The summed E-state index contributed by atoms with van der Waals surface area (Å²) >= 11 is 0. The first-order valence-electron chi connectivity index (χ1n) is 12.1. The molecule has 0 aliphatic carbocycles. The normalized spacial score (nSPS) is 12.3. The van der Waals surface area contributed by atoms with Crippen LogP contribution in [0.5, 0.6) is 0 Å². The summed E-state index contributed by atoms with van der Waals surface area (Å²) in [5.74, 6) is 0.441. The Labute approximate surface area is 209 Å². The van der Waals surface area contributed by atoms with E-state index >= 15 is 0 Å². The molecule has 0 bridgehead atoms. The molecule has 0 radical (unpaired) electrons. The Morgan fingerprint density at radius 2 is 1.46 bits per heavy atom. The number of amides is 3. The fourth-order valence-corrected chi connectivity index (χ4v) is 4.59. The fraction of sp³-hybridized carbons (Fsp3) is 0.462. The lowest BCUT2D eigenvalue weighted by Gasteiger charge is -2.22. The highest BCUT2D eigenvalue weighted by atomic mass is 32.2. The largest absolute Gasteiger partial charge is 0.354 e. The number of aryl methyl sites for hydroxylation is 1. The molecule has 3 amide bonds. The Balaban J connectivity index is 1.97. The van der Waals surface area contributed by atoms with Crippen molar-refractivity contribution in [1.82, 2.24) is 10.6 Å². The third-order valence-corrected chi connectivity index (χ3v) is 7.17. The lowest BCUT2D eigenvalue weighted by atomic mass is 10.0. The number of benzene rings is 2. The molecule has 0 aliphatic heterocycles. The molecule has 0 heterocycles. The summed E-state index contributed by atoms with van der Waals surface area (Å²) in [7, 11) is -3.71. The zero-order valence-electron chi connectivity index (χ0n) is 21.2. The zero-order chi connectivity index (χ0) is 26.0. The molecule has 192 valence electrons. The van der Waals surface area contributed by atoms with E-state index in [1.807, 2.05) is 20.8 Å². The molecule has 0 unspecified atom stereocenters. The lowest BCUT2D eigenvalue weighted by Crippen LogP contribution is -2.49. The van der Waals surface area contributed by atoms with Crippen LogP contribution in [0.4, 0.5) is 16.2 Å². The van der Waals surface area contributed by atoms with Gasteiger partial charge in [-0.3, -0.25) is 9.52 Å². The first-order chi connectivity index (χ1) is 16.5. The van der Waals surface area contributed by atoms with Crippen molar-refractivity contribution < 1.29 is 18.0 Å². The van der Waals surface area contributed by atoms with Crippen molar-refractivity contribution in [1.29, 1.82) is 0 Å². The van der Waals surface area contributed by atoms with Crippen molar-refractivity contribution in [2.45, 2.75) is 64.8 Å². The molecule has 9 heteroatoms. The minimum Gasteiger partial charge on any atom is -0.354 e. The maximum Gasteiger partial charge on any atom is 0.319 e. The van der Waals surface area contributed by atoms with Crippen LogP contribution in [0.15, 0.2) is 53.4 Å². The van der Waals surface area contributed by atoms with Gasteiger partial charge in [-0.1, -0.05) is 58.2 Å². The van der Waals surface area contributed by atoms with Gasteiger partial charge in [0.15, 0.2) is 0 Å². The molecule has 2 aromatic rings. The van der Waals surface area contributed by atoms with Crippen molar-refractivity contribution in [3.8, 4) is 0 Å². The number of rotatable bonds is 12. The van der Waals surface area contributed by atoms with Crippen molar-refractivity contribution in [2.75, 3.05) is 16.6 Å². The zero-order valence-corrected chi connectivity index (χ0v) is 22.0. The summed E-state index contributed by atoms with van der Waals surface area (Å²) < 4.78 is 27.6. The first-order valence-corrected chi connectivity index (χ1v) is 13.6. The Morgan fingerprint density at radius 3 is 2.00 bits per heavy atom. The minimum absolute atomic E-state index is 0.170. The van der Waals surface area contributed by atoms with Gasteiger partial charge in [-0.2, -0.15) is 0 Å². The quantitative estimate of drug-likeness (QED) is 0.331. The number of nitrogens with one attached hydrogen (secondary N) is 4. The number of sulfonamides is 1. The molecule has 8 nitrogen and oxygen atoms in total. The van der Waals surface area contributed by atoms with E-state index in [4.69, 9.17) is 0 Å². The van der Waals surface area contributed by atoms with Gasteiger partial charge < -0.3 is 16.0 Å². The highest BCUT2D eigenvalue weighted by molar-refractivity contribution is 7.92. The molecule has 1 atom stereocenters. The van der Waals surface area contributed by atoms with Crippen molar-refractivity contribution in [3.05, 3.63) is 54.1 Å². The molecule has 35 heavy (non-hydrogen) atoms. The highest BCUT2D eigenvalue weighted by Crippen LogP contribution is 2.19. The van der Waals surface area contributed by atoms with Gasteiger partial charge in [-0.05, 0) is 61.6 Å². The summed E-state index contributed by atoms with van der Waals surface area (Å²) in [5, 5.41) is 8.43. The van der Waals surface area contributed by atoms with E-state index in [9.17, 15) is 18.0 Å². The minimum atomic E-state index is -3.71. The molecule has 0 fully saturated rings. The van der Waals surface area contributed by atoms with Gasteiger partial charge >= 0.3 is 6.03 Å². The predicted octanol–water partition coefficient (Wildman–Crippen LogP) is 4.88. The summed E-state index contributed by atoms with van der Waals surface area (Å²) in [6, 6.07) is 11.7. The van der Waals surface area contributed by atoms with E-state index in [1.165, 1.54) is 0 Å². The number of urea groups is 1. The fourth-order valence-electron chi connectivity index (χ4n) is 3.53. The van der Waals surface area contributed by atoms with Crippen LogP contribution >= 0.6 is 0 Å². The van der Waals surface area contributed by atoms with Gasteiger partial charge in [0.05, 0.1) is 4.90 Å². The first kappa shape index (κ1) is 28.2. The maximum atomic E-state index is 12.7. The lowest BCUT2D eigenvalue weighted by molar-refractivity contribution is -0.123. The molecule has 2 aromatic carbocycles. The molecule has 0 saturated carbocycles. The second kappa shape index (κ2) is 13.1. The number of hydrogen-bond acceptors (Lipinski definition) is 4. The van der Waals surface area contributed by atoms with Crippen LogP contribution in [0.25, 0.3) is 0 Å².